The molecule has 0 aromatic heterocycles. The predicted molar refractivity (Wildman–Crippen MR) is 93.0 cm³/mol. The molecule has 114 valence electrons. The quantitative estimate of drug-likeness (QED) is 0.754. The van der Waals surface area contributed by atoms with Crippen LogP contribution >= 0.6 is 0 Å². The van der Waals surface area contributed by atoms with E-state index < -0.39 is 10.0 Å². The van der Waals surface area contributed by atoms with E-state index in [1.807, 2.05) is 55.5 Å². The van der Waals surface area contributed by atoms with Crippen molar-refractivity contribution in [3.05, 3.63) is 83.8 Å². The molecular weight excluding hydrogens is 294 g/mol. The smallest absolute Gasteiger partial charge is 0.257 e. The molecule has 0 aliphatic carbocycles. The first-order valence-corrected chi connectivity index (χ1v) is 8.45. The summed E-state index contributed by atoms with van der Waals surface area (Å²) in [6, 6.07) is 18.4. The van der Waals surface area contributed by atoms with Crippen molar-refractivity contribution in [1.82, 2.24) is 0 Å². The Morgan fingerprint density at radius 1 is 1.05 bits per heavy atom. The molecule has 2 aromatic rings. The molecule has 0 amide bonds. The Hall–Kier alpha value is -2.33. The Bertz CT molecular complexity index is 750. The Morgan fingerprint density at radius 2 is 1.59 bits per heavy atom. The second-order valence-electron chi connectivity index (χ2n) is 5.06. The Balaban J connectivity index is 2.33. The van der Waals surface area contributed by atoms with Crippen LogP contribution in [0.3, 0.4) is 0 Å². The van der Waals surface area contributed by atoms with E-state index in [0.29, 0.717) is 5.69 Å². The van der Waals surface area contributed by atoms with E-state index in [2.05, 4.69) is 6.58 Å². The first-order valence-electron chi connectivity index (χ1n) is 6.94. The van der Waals surface area contributed by atoms with Gasteiger partial charge < -0.3 is 0 Å². The van der Waals surface area contributed by atoms with Crippen LogP contribution in [0, 0.1) is 0 Å². The largest absolute Gasteiger partial charge is 0.263 e. The monoisotopic (exact) mass is 313 g/mol. The summed E-state index contributed by atoms with van der Waals surface area (Å²) in [4.78, 5) is 0. The van der Waals surface area contributed by atoms with Gasteiger partial charge in [0.25, 0.3) is 10.0 Å². The molecule has 0 atom stereocenters. The highest BCUT2D eigenvalue weighted by Gasteiger charge is 2.19. The van der Waals surface area contributed by atoms with Crippen molar-refractivity contribution in [3.8, 4) is 0 Å². The van der Waals surface area contributed by atoms with E-state index in [9.17, 15) is 8.42 Å². The van der Waals surface area contributed by atoms with Gasteiger partial charge in [0.1, 0.15) is 0 Å². The van der Waals surface area contributed by atoms with Gasteiger partial charge in [0, 0.05) is 0 Å². The number of sulfonamides is 1. The van der Waals surface area contributed by atoms with Gasteiger partial charge in [0.05, 0.1) is 17.6 Å². The van der Waals surface area contributed by atoms with Crippen LogP contribution in [0.1, 0.15) is 12.5 Å². The van der Waals surface area contributed by atoms with Crippen molar-refractivity contribution in [3.63, 3.8) is 0 Å². The highest BCUT2D eigenvalue weighted by atomic mass is 32.2. The van der Waals surface area contributed by atoms with Gasteiger partial charge >= 0.3 is 0 Å². The average Bonchev–Trinajstić information content (AvgIpc) is 2.52. The van der Waals surface area contributed by atoms with Crippen LogP contribution in [0.25, 0.3) is 6.08 Å². The van der Waals surface area contributed by atoms with Crippen LogP contribution in [0.15, 0.2) is 78.2 Å². The number of hydrogen-bond acceptors (Lipinski definition) is 2. The average molecular weight is 313 g/mol. The van der Waals surface area contributed by atoms with E-state index in [4.69, 9.17) is 0 Å². The normalized spacial score (nSPS) is 11.5. The highest BCUT2D eigenvalue weighted by Crippen LogP contribution is 2.20. The molecule has 4 heteroatoms. The summed E-state index contributed by atoms with van der Waals surface area (Å²) in [7, 11) is -3.58. The second kappa shape index (κ2) is 7.09. The number of nitrogens with zero attached hydrogens (tertiary/aromatic N) is 1. The third-order valence-electron chi connectivity index (χ3n) is 3.00. The van der Waals surface area contributed by atoms with Crippen molar-refractivity contribution < 1.29 is 8.42 Å². The molecule has 0 heterocycles. The molecule has 0 aliphatic rings. The zero-order chi connectivity index (χ0) is 16.0. The maximum atomic E-state index is 12.6. The molecule has 22 heavy (non-hydrogen) atoms. The van der Waals surface area contributed by atoms with Crippen molar-refractivity contribution in [2.45, 2.75) is 6.92 Å². The highest BCUT2D eigenvalue weighted by molar-refractivity contribution is 7.95. The Morgan fingerprint density at radius 3 is 2.14 bits per heavy atom. The van der Waals surface area contributed by atoms with Gasteiger partial charge in [0.2, 0.25) is 0 Å². The summed E-state index contributed by atoms with van der Waals surface area (Å²) in [5.74, 6) is 0. The zero-order valence-electron chi connectivity index (χ0n) is 12.5. The van der Waals surface area contributed by atoms with Crippen LogP contribution < -0.4 is 4.31 Å². The van der Waals surface area contributed by atoms with Gasteiger partial charge in [-0.1, -0.05) is 60.7 Å². The summed E-state index contributed by atoms with van der Waals surface area (Å²) in [5.41, 5.74) is 2.25. The summed E-state index contributed by atoms with van der Waals surface area (Å²) in [6.45, 7) is 5.89. The number of hydrogen-bond donors (Lipinski definition) is 0. The van der Waals surface area contributed by atoms with Gasteiger partial charge in [-0.25, -0.2) is 8.42 Å². The molecule has 2 aromatic carbocycles. The molecule has 0 radical (unpaired) electrons. The zero-order valence-corrected chi connectivity index (χ0v) is 13.3. The van der Waals surface area contributed by atoms with Crippen LogP contribution in [-0.2, 0) is 10.0 Å². The van der Waals surface area contributed by atoms with Crippen LogP contribution in [0.2, 0.25) is 0 Å². The molecule has 0 bridgehead atoms. The molecule has 2 rings (SSSR count). The van der Waals surface area contributed by atoms with E-state index in [1.165, 1.54) is 9.71 Å². The lowest BCUT2D eigenvalue weighted by atomic mass is 10.2. The number of rotatable bonds is 6. The predicted octanol–water partition coefficient (Wildman–Crippen LogP) is 4.07. The molecule has 0 aliphatic heterocycles. The van der Waals surface area contributed by atoms with E-state index in [0.717, 1.165) is 11.1 Å². The first kappa shape index (κ1) is 16.0. The van der Waals surface area contributed by atoms with Crippen LogP contribution in [-0.4, -0.2) is 15.0 Å². The van der Waals surface area contributed by atoms with Crippen LogP contribution in [0.5, 0.6) is 0 Å². The van der Waals surface area contributed by atoms with Crippen molar-refractivity contribution >= 4 is 21.8 Å². The molecule has 0 saturated carbocycles. The maximum Gasteiger partial charge on any atom is 0.257 e. The molecule has 0 unspecified atom stereocenters. The Kier molecular flexibility index (Phi) is 5.17. The lowest BCUT2D eigenvalue weighted by Crippen LogP contribution is -2.30. The van der Waals surface area contributed by atoms with Gasteiger partial charge in [-0.3, -0.25) is 4.31 Å². The molecule has 0 spiro atoms. The molecular formula is C18H19NO2S. The first-order chi connectivity index (χ1) is 10.5. The van der Waals surface area contributed by atoms with Gasteiger partial charge in [-0.15, -0.1) is 0 Å². The van der Waals surface area contributed by atoms with Gasteiger partial charge in [-0.2, -0.15) is 0 Å². The number of benzene rings is 2. The lowest BCUT2D eigenvalue weighted by Gasteiger charge is -2.22. The standard InChI is InChI=1S/C18H19NO2S/c1-16(2)15-19(18-11-7-4-8-12-18)22(20,21)14-13-17-9-5-3-6-10-17/h3-14H,1,15H2,2H3/b14-13+. The molecule has 0 fully saturated rings. The third kappa shape index (κ3) is 4.33. The minimum Gasteiger partial charge on any atom is -0.263 e. The van der Waals surface area contributed by atoms with E-state index in [-0.39, 0.29) is 6.54 Å². The van der Waals surface area contributed by atoms with E-state index >= 15 is 0 Å². The summed E-state index contributed by atoms with van der Waals surface area (Å²) in [5, 5.41) is 1.23. The topological polar surface area (TPSA) is 37.4 Å². The summed E-state index contributed by atoms with van der Waals surface area (Å²) < 4.78 is 26.6. The summed E-state index contributed by atoms with van der Waals surface area (Å²) >= 11 is 0. The van der Waals surface area contributed by atoms with Gasteiger partial charge in [-0.05, 0) is 30.7 Å². The number of anilines is 1. The minimum atomic E-state index is -3.58. The third-order valence-corrected chi connectivity index (χ3v) is 4.43. The van der Waals surface area contributed by atoms with Crippen molar-refractivity contribution in [2.24, 2.45) is 0 Å². The SMILES string of the molecule is C=C(C)CN(c1ccccc1)S(=O)(=O)/C=C/c1ccccc1. The van der Waals surface area contributed by atoms with Gasteiger partial charge in [0.15, 0.2) is 0 Å². The molecule has 0 N–H and O–H groups in total. The maximum absolute atomic E-state index is 12.6. The minimum absolute atomic E-state index is 0.255. The number of para-hydroxylation sites is 1. The summed E-state index contributed by atoms with van der Waals surface area (Å²) in [6.07, 6.45) is 1.60. The fourth-order valence-electron chi connectivity index (χ4n) is 1.97. The fraction of sp³-hybridized carbons (Fsp3) is 0.111. The van der Waals surface area contributed by atoms with Crippen molar-refractivity contribution in [2.75, 3.05) is 10.8 Å². The van der Waals surface area contributed by atoms with Crippen LogP contribution in [0.4, 0.5) is 5.69 Å². The van der Waals surface area contributed by atoms with E-state index in [1.54, 1.807) is 18.2 Å². The lowest BCUT2D eigenvalue weighted by molar-refractivity contribution is 0.601. The molecule has 0 saturated heterocycles. The fourth-order valence-corrected chi connectivity index (χ4v) is 3.26. The molecule has 3 nitrogen and oxygen atoms in total. The van der Waals surface area contributed by atoms with Crippen molar-refractivity contribution in [1.29, 1.82) is 0 Å². The second-order valence-corrected chi connectivity index (χ2v) is 6.80. The Labute approximate surface area is 132 Å².